The van der Waals surface area contributed by atoms with Gasteiger partial charge in [-0.25, -0.2) is 4.68 Å². The van der Waals surface area contributed by atoms with E-state index in [9.17, 15) is 0 Å². The molecule has 0 amide bonds. The van der Waals surface area contributed by atoms with E-state index in [1.54, 1.807) is 14.2 Å². The van der Waals surface area contributed by atoms with Gasteiger partial charge in [-0.1, -0.05) is 23.7 Å². The molecule has 0 saturated carbocycles. The molecule has 5 nitrogen and oxygen atoms in total. The van der Waals surface area contributed by atoms with Crippen molar-refractivity contribution in [2.45, 2.75) is 26.2 Å². The number of aromatic nitrogens is 2. The van der Waals surface area contributed by atoms with Crippen molar-refractivity contribution in [3.05, 3.63) is 52.5 Å². The number of hydrogen-bond acceptors (Lipinski definition) is 4. The third-order valence-corrected chi connectivity index (χ3v) is 5.43. The second-order valence-electron chi connectivity index (χ2n) is 6.94. The molecule has 0 aliphatic carbocycles. The van der Waals surface area contributed by atoms with E-state index in [0.29, 0.717) is 5.02 Å². The number of hydrogen-bond donors (Lipinski definition) is 1. The molecule has 3 aromatic rings. The first-order valence-corrected chi connectivity index (χ1v) is 9.85. The summed E-state index contributed by atoms with van der Waals surface area (Å²) in [6.45, 7) is 2.99. The molecule has 0 spiro atoms. The number of anilines is 1. The standard InChI is InChI=1S/C22H24ClN3O2/c1-14-10-11-15(23)13-17(14)26-22-16(7-4-5-12-24-22)21(25-26)20-18(27-2)8-6-9-19(20)28-3/h6,8-11,13,24H,4-5,7,12H2,1-3H3. The van der Waals surface area contributed by atoms with Gasteiger partial charge in [0, 0.05) is 17.1 Å². The van der Waals surface area contributed by atoms with Crippen molar-refractivity contribution in [3.8, 4) is 28.4 Å². The minimum atomic E-state index is 0.690. The second-order valence-corrected chi connectivity index (χ2v) is 7.38. The fourth-order valence-electron chi connectivity index (χ4n) is 3.77. The SMILES string of the molecule is COc1cccc(OC)c1-c1nn(-c2cc(Cl)ccc2C)c2c1CCCCN2. The summed E-state index contributed by atoms with van der Waals surface area (Å²) in [4.78, 5) is 0. The van der Waals surface area contributed by atoms with E-state index in [0.717, 1.165) is 65.6 Å². The molecular formula is C22H24ClN3O2. The van der Waals surface area contributed by atoms with Gasteiger partial charge in [-0.15, -0.1) is 0 Å². The molecule has 1 N–H and O–H groups in total. The summed E-state index contributed by atoms with van der Waals surface area (Å²) in [5.74, 6) is 2.52. The molecule has 0 unspecified atom stereocenters. The van der Waals surface area contributed by atoms with Crippen LogP contribution in [0.3, 0.4) is 0 Å². The van der Waals surface area contributed by atoms with Gasteiger partial charge >= 0.3 is 0 Å². The highest BCUT2D eigenvalue weighted by Gasteiger charge is 2.26. The summed E-state index contributed by atoms with van der Waals surface area (Å²) in [5.41, 5.74) is 5.03. The van der Waals surface area contributed by atoms with Crippen LogP contribution in [0, 0.1) is 6.92 Å². The van der Waals surface area contributed by atoms with Crippen LogP contribution >= 0.6 is 11.6 Å². The second kappa shape index (κ2) is 7.76. The van der Waals surface area contributed by atoms with Crippen LogP contribution in [-0.2, 0) is 6.42 Å². The lowest BCUT2D eigenvalue weighted by Gasteiger charge is -2.12. The van der Waals surface area contributed by atoms with Gasteiger partial charge in [-0.3, -0.25) is 0 Å². The van der Waals surface area contributed by atoms with E-state index in [1.165, 1.54) is 5.56 Å². The van der Waals surface area contributed by atoms with Gasteiger partial charge in [-0.05, 0) is 56.0 Å². The Kier molecular flexibility index (Phi) is 5.18. The number of benzene rings is 2. The number of nitrogens with zero attached hydrogens (tertiary/aromatic N) is 2. The lowest BCUT2D eigenvalue weighted by Crippen LogP contribution is -2.08. The quantitative estimate of drug-likeness (QED) is 0.651. The third kappa shape index (κ3) is 3.20. The van der Waals surface area contributed by atoms with Crippen molar-refractivity contribution in [2.24, 2.45) is 0 Å². The molecule has 1 aliphatic heterocycles. The zero-order valence-corrected chi connectivity index (χ0v) is 17.1. The normalized spacial score (nSPS) is 13.4. The van der Waals surface area contributed by atoms with Gasteiger partial charge in [0.1, 0.15) is 23.0 Å². The maximum Gasteiger partial charge on any atom is 0.133 e. The van der Waals surface area contributed by atoms with E-state index in [4.69, 9.17) is 26.2 Å². The lowest BCUT2D eigenvalue weighted by atomic mass is 10.0. The van der Waals surface area contributed by atoms with Gasteiger partial charge in [0.25, 0.3) is 0 Å². The van der Waals surface area contributed by atoms with E-state index in [2.05, 4.69) is 12.2 Å². The molecular weight excluding hydrogens is 374 g/mol. The number of halogens is 1. The van der Waals surface area contributed by atoms with Gasteiger partial charge in [0.2, 0.25) is 0 Å². The fourth-order valence-corrected chi connectivity index (χ4v) is 3.94. The topological polar surface area (TPSA) is 48.3 Å². The molecule has 0 bridgehead atoms. The van der Waals surface area contributed by atoms with Crippen LogP contribution < -0.4 is 14.8 Å². The minimum Gasteiger partial charge on any atom is -0.496 e. The van der Waals surface area contributed by atoms with Crippen molar-refractivity contribution in [3.63, 3.8) is 0 Å². The van der Waals surface area contributed by atoms with Gasteiger partial charge < -0.3 is 14.8 Å². The number of fused-ring (bicyclic) bond motifs is 1. The fraction of sp³-hybridized carbons (Fsp3) is 0.318. The van der Waals surface area contributed by atoms with Crippen LogP contribution in [0.1, 0.15) is 24.0 Å². The van der Waals surface area contributed by atoms with Crippen LogP contribution in [-0.4, -0.2) is 30.5 Å². The Morgan fingerprint density at radius 3 is 2.54 bits per heavy atom. The molecule has 0 atom stereocenters. The third-order valence-electron chi connectivity index (χ3n) is 5.19. The Morgan fingerprint density at radius 1 is 1.07 bits per heavy atom. The molecule has 28 heavy (non-hydrogen) atoms. The first kappa shape index (κ1) is 18.7. The Bertz CT molecular complexity index is 991. The smallest absolute Gasteiger partial charge is 0.133 e. The summed E-state index contributed by atoms with van der Waals surface area (Å²) in [7, 11) is 3.35. The summed E-state index contributed by atoms with van der Waals surface area (Å²) < 4.78 is 13.3. The average Bonchev–Trinajstić information content (AvgIpc) is 2.89. The molecule has 0 fully saturated rings. The first-order valence-electron chi connectivity index (χ1n) is 9.47. The minimum absolute atomic E-state index is 0.690. The molecule has 1 aromatic heterocycles. The zero-order valence-electron chi connectivity index (χ0n) is 16.4. The number of methoxy groups -OCH3 is 2. The highest BCUT2D eigenvalue weighted by molar-refractivity contribution is 6.30. The number of aryl methyl sites for hydroxylation is 1. The van der Waals surface area contributed by atoms with Crippen molar-refractivity contribution < 1.29 is 9.47 Å². The monoisotopic (exact) mass is 397 g/mol. The molecule has 0 radical (unpaired) electrons. The van der Waals surface area contributed by atoms with Crippen molar-refractivity contribution in [1.29, 1.82) is 0 Å². The maximum absolute atomic E-state index is 6.30. The van der Waals surface area contributed by atoms with E-state index < -0.39 is 0 Å². The molecule has 4 rings (SSSR count). The Balaban J connectivity index is 2.01. The van der Waals surface area contributed by atoms with Crippen LogP contribution in [0.15, 0.2) is 36.4 Å². The van der Waals surface area contributed by atoms with E-state index in [1.807, 2.05) is 41.1 Å². The van der Waals surface area contributed by atoms with Crippen LogP contribution in [0.4, 0.5) is 5.82 Å². The highest BCUT2D eigenvalue weighted by atomic mass is 35.5. The average molecular weight is 398 g/mol. The molecule has 2 heterocycles. The molecule has 1 aliphatic rings. The summed E-state index contributed by atoms with van der Waals surface area (Å²) in [5, 5.41) is 9.30. The van der Waals surface area contributed by atoms with E-state index in [-0.39, 0.29) is 0 Å². The Morgan fingerprint density at radius 2 is 1.82 bits per heavy atom. The van der Waals surface area contributed by atoms with Crippen molar-refractivity contribution in [2.75, 3.05) is 26.1 Å². The number of nitrogens with one attached hydrogen (secondary N) is 1. The summed E-state index contributed by atoms with van der Waals surface area (Å²) >= 11 is 6.30. The number of rotatable bonds is 4. The van der Waals surface area contributed by atoms with Gasteiger partial charge in [-0.2, -0.15) is 5.10 Å². The van der Waals surface area contributed by atoms with Gasteiger partial charge in [0.15, 0.2) is 0 Å². The molecule has 2 aromatic carbocycles. The largest absolute Gasteiger partial charge is 0.496 e. The molecule has 0 saturated heterocycles. The molecule has 6 heteroatoms. The van der Waals surface area contributed by atoms with Crippen LogP contribution in [0.2, 0.25) is 5.02 Å². The van der Waals surface area contributed by atoms with E-state index >= 15 is 0 Å². The van der Waals surface area contributed by atoms with Crippen LogP contribution in [0.25, 0.3) is 16.9 Å². The van der Waals surface area contributed by atoms with Crippen LogP contribution in [0.5, 0.6) is 11.5 Å². The Labute approximate surface area is 170 Å². The summed E-state index contributed by atoms with van der Waals surface area (Å²) in [6, 6.07) is 11.7. The van der Waals surface area contributed by atoms with Gasteiger partial charge in [0.05, 0.1) is 25.5 Å². The Hall–Kier alpha value is -2.66. The molecule has 146 valence electrons. The lowest BCUT2D eigenvalue weighted by molar-refractivity contribution is 0.397. The predicted molar refractivity (Wildman–Crippen MR) is 113 cm³/mol. The summed E-state index contributed by atoms with van der Waals surface area (Å²) in [6.07, 6.45) is 3.16. The number of ether oxygens (including phenoxy) is 2. The highest BCUT2D eigenvalue weighted by Crippen LogP contribution is 2.43. The predicted octanol–water partition coefficient (Wildman–Crippen LogP) is 5.27. The maximum atomic E-state index is 6.30. The zero-order chi connectivity index (χ0) is 19.7. The van der Waals surface area contributed by atoms with Crippen molar-refractivity contribution >= 4 is 17.4 Å². The van der Waals surface area contributed by atoms with Crippen molar-refractivity contribution in [1.82, 2.24) is 9.78 Å². The first-order chi connectivity index (χ1) is 13.6.